The van der Waals surface area contributed by atoms with E-state index in [0.717, 1.165) is 31.4 Å². The molecule has 0 amide bonds. The van der Waals surface area contributed by atoms with E-state index in [1.54, 1.807) is 18.4 Å². The average molecular weight is 424 g/mol. The molecule has 7 heteroatoms. The second-order valence-electron chi connectivity index (χ2n) is 4.91. The quantitative estimate of drug-likeness (QED) is 0.527. The Bertz CT molecular complexity index is 830. The third-order valence-electron chi connectivity index (χ3n) is 3.22. The fraction of sp³-hybridized carbons (Fsp3) is 0.176. The molecule has 0 atom stereocenters. The number of esters is 1. The second kappa shape index (κ2) is 7.92. The smallest absolute Gasteiger partial charge is 0.311 e. The Morgan fingerprint density at radius 1 is 1.29 bits per heavy atom. The van der Waals surface area contributed by atoms with Crippen LogP contribution in [0.1, 0.15) is 10.6 Å². The van der Waals surface area contributed by atoms with E-state index in [1.165, 1.54) is 11.3 Å². The SMILES string of the molecule is COc1ccc(Br)cc1-c1nc(COC(=O)Cc2cccs2)cs1. The minimum absolute atomic E-state index is 0.178. The van der Waals surface area contributed by atoms with E-state index in [4.69, 9.17) is 9.47 Å². The van der Waals surface area contributed by atoms with Gasteiger partial charge in [-0.15, -0.1) is 22.7 Å². The minimum atomic E-state index is -0.243. The highest BCUT2D eigenvalue weighted by atomic mass is 79.9. The Morgan fingerprint density at radius 3 is 2.92 bits per heavy atom. The lowest BCUT2D eigenvalue weighted by Gasteiger charge is -2.06. The monoisotopic (exact) mass is 423 g/mol. The molecule has 0 bridgehead atoms. The molecule has 0 N–H and O–H groups in total. The lowest BCUT2D eigenvalue weighted by Crippen LogP contribution is -2.07. The molecule has 3 rings (SSSR count). The average Bonchev–Trinajstić information content (AvgIpc) is 3.24. The Morgan fingerprint density at radius 2 is 2.17 bits per heavy atom. The molecule has 124 valence electrons. The van der Waals surface area contributed by atoms with Crippen molar-refractivity contribution in [3.8, 4) is 16.3 Å². The molecule has 0 aliphatic rings. The molecule has 0 spiro atoms. The van der Waals surface area contributed by atoms with Crippen LogP contribution in [0.25, 0.3) is 10.6 Å². The van der Waals surface area contributed by atoms with Crippen molar-refractivity contribution in [3.63, 3.8) is 0 Å². The van der Waals surface area contributed by atoms with Gasteiger partial charge in [-0.2, -0.15) is 0 Å². The number of ether oxygens (including phenoxy) is 2. The van der Waals surface area contributed by atoms with Gasteiger partial charge >= 0.3 is 5.97 Å². The van der Waals surface area contributed by atoms with Gasteiger partial charge in [-0.1, -0.05) is 22.0 Å². The van der Waals surface area contributed by atoms with Crippen LogP contribution in [0.4, 0.5) is 0 Å². The number of aromatic nitrogens is 1. The normalized spacial score (nSPS) is 10.6. The van der Waals surface area contributed by atoms with Gasteiger partial charge in [-0.25, -0.2) is 4.98 Å². The van der Waals surface area contributed by atoms with Gasteiger partial charge in [0.25, 0.3) is 0 Å². The summed E-state index contributed by atoms with van der Waals surface area (Å²) >= 11 is 6.50. The topological polar surface area (TPSA) is 48.4 Å². The molecule has 0 saturated carbocycles. The van der Waals surface area contributed by atoms with E-state index in [-0.39, 0.29) is 12.6 Å². The first-order valence-corrected chi connectivity index (χ1v) is 9.67. The predicted octanol–water partition coefficient (Wildman–Crippen LogP) is 4.93. The van der Waals surface area contributed by atoms with Gasteiger partial charge in [-0.3, -0.25) is 4.79 Å². The van der Waals surface area contributed by atoms with E-state index >= 15 is 0 Å². The standard InChI is InChI=1S/C17H14BrNO3S2/c1-21-15-5-4-11(18)7-14(15)17-19-12(10-24-17)9-22-16(20)8-13-3-2-6-23-13/h2-7,10H,8-9H2,1H3. The van der Waals surface area contributed by atoms with Crippen LogP contribution in [-0.2, 0) is 22.6 Å². The first kappa shape index (κ1) is 17.1. The summed E-state index contributed by atoms with van der Waals surface area (Å²) in [4.78, 5) is 17.4. The van der Waals surface area contributed by atoms with Gasteiger partial charge in [-0.05, 0) is 29.6 Å². The Hall–Kier alpha value is -1.70. The molecule has 0 radical (unpaired) electrons. The van der Waals surface area contributed by atoms with Gasteiger partial charge in [0.05, 0.1) is 24.8 Å². The number of thiazole rings is 1. The molecule has 0 aliphatic carbocycles. The highest BCUT2D eigenvalue weighted by molar-refractivity contribution is 9.10. The Labute approximate surface area is 156 Å². The number of carbonyl (C=O) groups excluding carboxylic acids is 1. The summed E-state index contributed by atoms with van der Waals surface area (Å²) in [6, 6.07) is 9.62. The molecule has 2 aromatic heterocycles. The molecule has 0 fully saturated rings. The molecule has 4 nitrogen and oxygen atoms in total. The number of thiophene rings is 1. The van der Waals surface area contributed by atoms with Crippen molar-refractivity contribution in [3.05, 3.63) is 56.1 Å². The number of methoxy groups -OCH3 is 1. The summed E-state index contributed by atoms with van der Waals surface area (Å²) in [6.07, 6.45) is 0.300. The van der Waals surface area contributed by atoms with Gasteiger partial charge in [0.15, 0.2) is 0 Å². The zero-order valence-corrected chi connectivity index (χ0v) is 16.0. The second-order valence-corrected chi connectivity index (χ2v) is 7.71. The number of hydrogen-bond acceptors (Lipinski definition) is 6. The number of rotatable bonds is 6. The van der Waals surface area contributed by atoms with Crippen LogP contribution in [0.3, 0.4) is 0 Å². The van der Waals surface area contributed by atoms with Crippen LogP contribution in [0.5, 0.6) is 5.75 Å². The van der Waals surface area contributed by atoms with Crippen LogP contribution in [0.2, 0.25) is 0 Å². The molecule has 0 aliphatic heterocycles. The van der Waals surface area contributed by atoms with E-state index in [9.17, 15) is 4.79 Å². The highest BCUT2D eigenvalue weighted by Gasteiger charge is 2.12. The Balaban J connectivity index is 1.65. The maximum Gasteiger partial charge on any atom is 0.311 e. The van der Waals surface area contributed by atoms with Crippen molar-refractivity contribution in [2.24, 2.45) is 0 Å². The van der Waals surface area contributed by atoms with E-state index in [1.807, 2.05) is 41.1 Å². The van der Waals surface area contributed by atoms with Crippen molar-refractivity contribution in [1.82, 2.24) is 4.98 Å². The van der Waals surface area contributed by atoms with Crippen LogP contribution in [0, 0.1) is 0 Å². The minimum Gasteiger partial charge on any atom is -0.496 e. The van der Waals surface area contributed by atoms with Crippen LogP contribution in [0.15, 0.2) is 45.6 Å². The third kappa shape index (κ3) is 4.23. The van der Waals surface area contributed by atoms with Crippen molar-refractivity contribution < 1.29 is 14.3 Å². The zero-order valence-electron chi connectivity index (χ0n) is 12.8. The van der Waals surface area contributed by atoms with Gasteiger partial charge in [0.1, 0.15) is 17.4 Å². The lowest BCUT2D eigenvalue weighted by molar-refractivity contribution is -0.144. The summed E-state index contributed by atoms with van der Waals surface area (Å²) in [5.41, 5.74) is 1.64. The van der Waals surface area contributed by atoms with Crippen molar-refractivity contribution in [1.29, 1.82) is 0 Å². The summed E-state index contributed by atoms with van der Waals surface area (Å²) in [7, 11) is 1.63. The van der Waals surface area contributed by atoms with Crippen molar-refractivity contribution in [2.75, 3.05) is 7.11 Å². The van der Waals surface area contributed by atoms with Crippen LogP contribution in [-0.4, -0.2) is 18.1 Å². The molecular weight excluding hydrogens is 410 g/mol. The Kier molecular flexibility index (Phi) is 5.65. The van der Waals surface area contributed by atoms with Crippen molar-refractivity contribution in [2.45, 2.75) is 13.0 Å². The first-order valence-electron chi connectivity index (χ1n) is 7.12. The fourth-order valence-corrected chi connectivity index (χ4v) is 3.98. The van der Waals surface area contributed by atoms with Crippen LogP contribution >= 0.6 is 38.6 Å². The molecule has 2 heterocycles. The lowest BCUT2D eigenvalue weighted by atomic mass is 10.2. The highest BCUT2D eigenvalue weighted by Crippen LogP contribution is 2.34. The van der Waals surface area contributed by atoms with Gasteiger partial charge < -0.3 is 9.47 Å². The molecule has 24 heavy (non-hydrogen) atoms. The van der Waals surface area contributed by atoms with E-state index in [0.29, 0.717) is 6.42 Å². The third-order valence-corrected chi connectivity index (χ3v) is 5.52. The van der Waals surface area contributed by atoms with Crippen LogP contribution < -0.4 is 4.74 Å². The number of hydrogen-bond donors (Lipinski definition) is 0. The van der Waals surface area contributed by atoms with Gasteiger partial charge in [0.2, 0.25) is 0 Å². The number of nitrogens with zero attached hydrogens (tertiary/aromatic N) is 1. The summed E-state index contributed by atoms with van der Waals surface area (Å²) in [6.45, 7) is 0.178. The maximum absolute atomic E-state index is 11.8. The summed E-state index contributed by atoms with van der Waals surface area (Å²) in [5, 5.41) is 4.67. The number of carbonyl (C=O) groups is 1. The predicted molar refractivity (Wildman–Crippen MR) is 99.6 cm³/mol. The molecule has 0 unspecified atom stereocenters. The number of halogens is 1. The number of benzene rings is 1. The summed E-state index contributed by atoms with van der Waals surface area (Å²) < 4.78 is 11.6. The molecule has 1 aromatic carbocycles. The van der Waals surface area contributed by atoms with E-state index in [2.05, 4.69) is 20.9 Å². The summed E-state index contributed by atoms with van der Waals surface area (Å²) in [5.74, 6) is 0.515. The van der Waals surface area contributed by atoms with Gasteiger partial charge in [0, 0.05) is 14.7 Å². The molecular formula is C17H14BrNO3S2. The van der Waals surface area contributed by atoms with Crippen molar-refractivity contribution >= 4 is 44.6 Å². The van der Waals surface area contributed by atoms with E-state index < -0.39 is 0 Å². The molecule has 3 aromatic rings. The molecule has 0 saturated heterocycles. The largest absolute Gasteiger partial charge is 0.496 e. The zero-order chi connectivity index (χ0) is 16.9. The fourth-order valence-electron chi connectivity index (χ4n) is 2.11. The maximum atomic E-state index is 11.8. The first-order chi connectivity index (χ1) is 11.7.